The summed E-state index contributed by atoms with van der Waals surface area (Å²) < 4.78 is 5.17. The maximum atomic E-state index is 5.17. The molecule has 0 saturated heterocycles. The van der Waals surface area contributed by atoms with Crippen molar-refractivity contribution < 1.29 is 4.74 Å². The fourth-order valence-corrected chi connectivity index (χ4v) is 0.907. The van der Waals surface area contributed by atoms with Crippen molar-refractivity contribution in [1.82, 2.24) is 4.90 Å². The van der Waals surface area contributed by atoms with Crippen molar-refractivity contribution in [2.45, 2.75) is 0 Å². The van der Waals surface area contributed by atoms with Crippen molar-refractivity contribution in [1.29, 1.82) is 0 Å². The van der Waals surface area contributed by atoms with Gasteiger partial charge < -0.3 is 9.64 Å². The lowest BCUT2D eigenvalue weighted by atomic mass is 10.3. The molecule has 0 aliphatic carbocycles. The van der Waals surface area contributed by atoms with E-state index in [-0.39, 0.29) is 0 Å². The van der Waals surface area contributed by atoms with Crippen molar-refractivity contribution in [3.8, 4) is 0 Å². The van der Waals surface area contributed by atoms with Crippen molar-refractivity contribution in [3.63, 3.8) is 0 Å². The molecule has 0 saturated carbocycles. The summed E-state index contributed by atoms with van der Waals surface area (Å²) in [5, 5.41) is 0. The van der Waals surface area contributed by atoms with Gasteiger partial charge >= 0.3 is 0 Å². The zero-order chi connectivity index (χ0) is 8.27. The van der Waals surface area contributed by atoms with Gasteiger partial charge in [0.1, 0.15) is 12.0 Å². The molecule has 58 valence electrons. The highest BCUT2D eigenvalue weighted by atomic mass is 16.5. The van der Waals surface area contributed by atoms with E-state index in [4.69, 9.17) is 4.74 Å². The van der Waals surface area contributed by atoms with E-state index in [1.54, 1.807) is 18.4 Å². The molecule has 0 aromatic carbocycles. The summed E-state index contributed by atoms with van der Waals surface area (Å²) in [5.74, 6) is 0.741. The summed E-state index contributed by atoms with van der Waals surface area (Å²) in [6.07, 6.45) is 6.84. The van der Waals surface area contributed by atoms with Crippen LogP contribution in [0.1, 0.15) is 0 Å². The molecule has 0 radical (unpaired) electrons. The monoisotopic (exact) mass is 149 g/mol. The van der Waals surface area contributed by atoms with E-state index in [9.17, 15) is 0 Å². The van der Waals surface area contributed by atoms with Gasteiger partial charge in [-0.15, -0.1) is 0 Å². The molecule has 0 N–H and O–H groups in total. The highest BCUT2D eigenvalue weighted by Gasteiger charge is 2.08. The summed E-state index contributed by atoms with van der Waals surface area (Å²) >= 11 is 0. The SMILES string of the molecule is C=CC1=C(C=C)N(C)C=CO1. The van der Waals surface area contributed by atoms with Crippen molar-refractivity contribution in [3.05, 3.63) is 49.2 Å². The molecular weight excluding hydrogens is 138 g/mol. The van der Waals surface area contributed by atoms with Gasteiger partial charge in [0.25, 0.3) is 0 Å². The minimum absolute atomic E-state index is 0.741. The fourth-order valence-electron chi connectivity index (χ4n) is 0.907. The van der Waals surface area contributed by atoms with E-state index < -0.39 is 0 Å². The molecule has 0 atom stereocenters. The van der Waals surface area contributed by atoms with Crippen LogP contribution in [0.2, 0.25) is 0 Å². The average molecular weight is 149 g/mol. The predicted molar refractivity (Wildman–Crippen MR) is 45.4 cm³/mol. The zero-order valence-corrected chi connectivity index (χ0v) is 6.58. The van der Waals surface area contributed by atoms with E-state index in [0.717, 1.165) is 11.5 Å². The number of allylic oxidation sites excluding steroid dienone is 2. The molecule has 0 fully saturated rings. The highest BCUT2D eigenvalue weighted by Crippen LogP contribution is 2.17. The lowest BCUT2D eigenvalue weighted by Gasteiger charge is -2.21. The van der Waals surface area contributed by atoms with Gasteiger partial charge in [-0.2, -0.15) is 0 Å². The highest BCUT2D eigenvalue weighted by molar-refractivity contribution is 5.29. The summed E-state index contributed by atoms with van der Waals surface area (Å²) in [6.45, 7) is 7.30. The van der Waals surface area contributed by atoms with Crippen LogP contribution in [0.4, 0.5) is 0 Å². The maximum absolute atomic E-state index is 5.17. The maximum Gasteiger partial charge on any atom is 0.149 e. The molecule has 0 unspecified atom stereocenters. The van der Waals surface area contributed by atoms with E-state index in [1.807, 2.05) is 18.1 Å². The number of likely N-dealkylation sites (N-methyl/N-ethyl adjacent to an activating group) is 1. The molecule has 0 spiro atoms. The third kappa shape index (κ3) is 1.34. The van der Waals surface area contributed by atoms with Gasteiger partial charge in [0.05, 0.1) is 5.70 Å². The Morgan fingerprint density at radius 1 is 1.45 bits per heavy atom. The van der Waals surface area contributed by atoms with Gasteiger partial charge in [-0.1, -0.05) is 13.2 Å². The fraction of sp³-hybridized carbons (Fsp3) is 0.111. The number of rotatable bonds is 2. The number of ether oxygens (including phenoxy) is 1. The first-order valence-electron chi connectivity index (χ1n) is 3.35. The first-order chi connectivity index (χ1) is 5.29. The molecular formula is C9H11NO. The standard InChI is InChI=1S/C9H11NO/c1-4-8-9(5-2)11-7-6-10(8)3/h4-7H,1-2H2,3H3. The first-order valence-corrected chi connectivity index (χ1v) is 3.35. The molecule has 2 heteroatoms. The van der Waals surface area contributed by atoms with Gasteiger partial charge in [0, 0.05) is 13.2 Å². The van der Waals surface area contributed by atoms with Gasteiger partial charge in [-0.3, -0.25) is 0 Å². The summed E-state index contributed by atoms with van der Waals surface area (Å²) in [6, 6.07) is 0. The molecule has 0 amide bonds. The second kappa shape index (κ2) is 3.10. The Morgan fingerprint density at radius 3 is 2.64 bits per heavy atom. The molecule has 0 aromatic heterocycles. The normalized spacial score (nSPS) is 16.3. The molecule has 2 nitrogen and oxygen atoms in total. The minimum atomic E-state index is 0.741. The topological polar surface area (TPSA) is 12.5 Å². The van der Waals surface area contributed by atoms with Crippen LogP contribution in [0.15, 0.2) is 49.2 Å². The van der Waals surface area contributed by atoms with Crippen molar-refractivity contribution in [2.75, 3.05) is 7.05 Å². The third-order valence-electron chi connectivity index (χ3n) is 1.49. The second-order valence-corrected chi connectivity index (χ2v) is 2.17. The summed E-state index contributed by atoms with van der Waals surface area (Å²) in [7, 11) is 1.93. The largest absolute Gasteiger partial charge is 0.461 e. The van der Waals surface area contributed by atoms with Crippen LogP contribution in [0.3, 0.4) is 0 Å². The van der Waals surface area contributed by atoms with Crippen LogP contribution < -0.4 is 0 Å². The lowest BCUT2D eigenvalue weighted by molar-refractivity contribution is 0.319. The Bertz CT molecular complexity index is 238. The molecule has 1 aliphatic heterocycles. The van der Waals surface area contributed by atoms with E-state index in [2.05, 4.69) is 13.2 Å². The van der Waals surface area contributed by atoms with E-state index >= 15 is 0 Å². The second-order valence-electron chi connectivity index (χ2n) is 2.17. The van der Waals surface area contributed by atoms with Gasteiger partial charge in [0.15, 0.2) is 0 Å². The molecule has 11 heavy (non-hydrogen) atoms. The van der Waals surface area contributed by atoms with Gasteiger partial charge in [0.2, 0.25) is 0 Å². The first kappa shape index (κ1) is 7.66. The zero-order valence-electron chi connectivity index (χ0n) is 6.58. The smallest absolute Gasteiger partial charge is 0.149 e. The Morgan fingerprint density at radius 2 is 2.18 bits per heavy atom. The van der Waals surface area contributed by atoms with Crippen LogP contribution >= 0.6 is 0 Å². The van der Waals surface area contributed by atoms with Crippen molar-refractivity contribution >= 4 is 0 Å². The quantitative estimate of drug-likeness (QED) is 0.595. The van der Waals surface area contributed by atoms with E-state index in [1.165, 1.54) is 0 Å². The molecule has 1 aliphatic rings. The Labute approximate surface area is 66.8 Å². The van der Waals surface area contributed by atoms with Crippen LogP contribution in [-0.4, -0.2) is 11.9 Å². The Balaban J connectivity index is 2.98. The van der Waals surface area contributed by atoms with Crippen LogP contribution in [0, 0.1) is 0 Å². The third-order valence-corrected chi connectivity index (χ3v) is 1.49. The Hall–Kier alpha value is -1.44. The molecule has 1 rings (SSSR count). The van der Waals surface area contributed by atoms with Gasteiger partial charge in [-0.05, 0) is 12.2 Å². The summed E-state index contributed by atoms with van der Waals surface area (Å²) in [5.41, 5.74) is 0.933. The van der Waals surface area contributed by atoms with Crippen LogP contribution in [0.5, 0.6) is 0 Å². The number of hydrogen-bond acceptors (Lipinski definition) is 2. The molecule has 1 heterocycles. The number of nitrogens with zero attached hydrogens (tertiary/aromatic N) is 1. The Kier molecular flexibility index (Phi) is 2.16. The molecule has 0 bridgehead atoms. The summed E-state index contributed by atoms with van der Waals surface area (Å²) in [4.78, 5) is 1.92. The minimum Gasteiger partial charge on any atom is -0.461 e. The van der Waals surface area contributed by atoms with E-state index in [0.29, 0.717) is 0 Å². The average Bonchev–Trinajstić information content (AvgIpc) is 2.04. The lowest BCUT2D eigenvalue weighted by Crippen LogP contribution is -2.14. The van der Waals surface area contributed by atoms with Crippen molar-refractivity contribution in [2.24, 2.45) is 0 Å². The predicted octanol–water partition coefficient (Wildman–Crippen LogP) is 2.00. The van der Waals surface area contributed by atoms with Crippen LogP contribution in [0.25, 0.3) is 0 Å². The van der Waals surface area contributed by atoms with Crippen LogP contribution in [-0.2, 0) is 4.74 Å². The van der Waals surface area contributed by atoms with Gasteiger partial charge in [-0.25, -0.2) is 0 Å². The molecule has 0 aromatic rings. The number of hydrogen-bond donors (Lipinski definition) is 0.